The summed E-state index contributed by atoms with van der Waals surface area (Å²) in [5.41, 5.74) is 3.68. The van der Waals surface area contributed by atoms with Gasteiger partial charge in [-0.25, -0.2) is 18.2 Å². The van der Waals surface area contributed by atoms with Gasteiger partial charge in [-0.05, 0) is 49.4 Å². The Labute approximate surface area is 205 Å². The van der Waals surface area contributed by atoms with Gasteiger partial charge in [0.05, 0.1) is 21.8 Å². The second-order valence-corrected chi connectivity index (χ2v) is 9.67. The number of hydrogen-bond donors (Lipinski definition) is 3. The van der Waals surface area contributed by atoms with Crippen molar-refractivity contribution in [1.82, 2.24) is 14.8 Å². The first-order valence-electron chi connectivity index (χ1n) is 10.8. The highest BCUT2D eigenvalue weighted by molar-refractivity contribution is 7.89. The Kier molecular flexibility index (Phi) is 5.71. The molecule has 0 radical (unpaired) electrons. The summed E-state index contributed by atoms with van der Waals surface area (Å²) in [5.74, 6) is -0.911. The zero-order chi connectivity index (χ0) is 25.4. The molecular weight excluding hydrogens is 480 g/mol. The Balaban J connectivity index is 1.55. The number of aromatic amines is 1. The van der Waals surface area contributed by atoms with Gasteiger partial charge in [0.15, 0.2) is 11.4 Å². The van der Waals surface area contributed by atoms with Gasteiger partial charge in [0, 0.05) is 10.9 Å². The number of carbonyl (C=O) groups is 1. The third kappa shape index (κ3) is 4.40. The number of carbonyl (C=O) groups excluding carboxylic acids is 1. The molecule has 0 fully saturated rings. The lowest BCUT2D eigenvalue weighted by molar-refractivity contribution is 0.0990. The van der Waals surface area contributed by atoms with Gasteiger partial charge in [-0.3, -0.25) is 4.79 Å². The van der Waals surface area contributed by atoms with Crippen LogP contribution in [0, 0.1) is 6.92 Å². The van der Waals surface area contributed by atoms with Crippen LogP contribution in [0.3, 0.4) is 0 Å². The fourth-order valence-corrected chi connectivity index (χ4v) is 4.31. The average molecular weight is 501 g/mol. The highest BCUT2D eigenvalue weighted by atomic mass is 32.2. The fourth-order valence-electron chi connectivity index (χ4n) is 3.80. The second-order valence-electron chi connectivity index (χ2n) is 8.11. The van der Waals surface area contributed by atoms with E-state index in [9.17, 15) is 18.3 Å². The van der Waals surface area contributed by atoms with E-state index in [4.69, 9.17) is 5.14 Å². The molecule has 0 saturated carbocycles. The molecule has 11 heteroatoms. The second kappa shape index (κ2) is 8.87. The van der Waals surface area contributed by atoms with Crippen LogP contribution in [0.5, 0.6) is 5.88 Å². The molecule has 36 heavy (non-hydrogen) atoms. The van der Waals surface area contributed by atoms with Gasteiger partial charge in [-0.2, -0.15) is 5.10 Å². The molecule has 0 unspecified atom stereocenters. The van der Waals surface area contributed by atoms with Crippen LogP contribution in [0.15, 0.2) is 94.0 Å². The Morgan fingerprint density at radius 3 is 2.44 bits per heavy atom. The summed E-state index contributed by atoms with van der Waals surface area (Å²) in [6, 6.07) is 22.2. The van der Waals surface area contributed by atoms with Crippen molar-refractivity contribution in [2.45, 2.75) is 11.8 Å². The van der Waals surface area contributed by atoms with Crippen molar-refractivity contribution in [3.8, 4) is 22.8 Å². The van der Waals surface area contributed by atoms with E-state index >= 15 is 0 Å². The Morgan fingerprint density at radius 2 is 1.75 bits per heavy atom. The summed E-state index contributed by atoms with van der Waals surface area (Å²) >= 11 is 0. The number of sulfonamides is 1. The average Bonchev–Trinajstić information content (AvgIpc) is 3.44. The molecule has 0 aliphatic heterocycles. The largest absolute Gasteiger partial charge is 0.493 e. The topological polar surface area (TPSA) is 156 Å². The molecule has 5 rings (SSSR count). The highest BCUT2D eigenvalue weighted by Gasteiger charge is 2.18. The van der Waals surface area contributed by atoms with Crippen LogP contribution in [-0.2, 0) is 10.0 Å². The highest BCUT2D eigenvalue weighted by Crippen LogP contribution is 2.36. The van der Waals surface area contributed by atoms with Gasteiger partial charge in [0.25, 0.3) is 0 Å². The smallest absolute Gasteiger partial charge is 0.315 e. The van der Waals surface area contributed by atoms with Gasteiger partial charge in [0.1, 0.15) is 0 Å². The van der Waals surface area contributed by atoms with Crippen molar-refractivity contribution < 1.29 is 18.3 Å². The molecule has 5 aromatic rings. The van der Waals surface area contributed by atoms with Gasteiger partial charge in [-0.15, -0.1) is 10.2 Å². The van der Waals surface area contributed by atoms with Crippen molar-refractivity contribution in [1.29, 1.82) is 0 Å². The quantitative estimate of drug-likeness (QED) is 0.301. The molecule has 0 spiro atoms. The number of H-pyrrole nitrogens is 1. The number of aromatic hydroxyl groups is 1. The Hall–Kier alpha value is -4.61. The molecule has 3 aromatic carbocycles. The van der Waals surface area contributed by atoms with Crippen LogP contribution >= 0.6 is 0 Å². The molecule has 2 aromatic heterocycles. The summed E-state index contributed by atoms with van der Waals surface area (Å²) in [5, 5.41) is 28.3. The first-order valence-corrected chi connectivity index (χ1v) is 12.3. The Bertz CT molecular complexity index is 1740. The first-order chi connectivity index (χ1) is 17.2. The van der Waals surface area contributed by atoms with Crippen molar-refractivity contribution >= 4 is 32.5 Å². The van der Waals surface area contributed by atoms with Crippen molar-refractivity contribution in [2.24, 2.45) is 15.4 Å². The van der Waals surface area contributed by atoms with Crippen LogP contribution in [-0.4, -0.2) is 34.2 Å². The summed E-state index contributed by atoms with van der Waals surface area (Å²) in [4.78, 5) is 15.7. The maximum Gasteiger partial charge on any atom is 0.315 e. The molecule has 0 atom stereocenters. The summed E-state index contributed by atoms with van der Waals surface area (Å²) in [6.07, 6.45) is 0. The number of nitrogens with one attached hydrogen (secondary N) is 1. The minimum Gasteiger partial charge on any atom is -0.493 e. The minimum absolute atomic E-state index is 0.0173. The normalized spacial score (nSPS) is 11.9. The number of fused-ring (bicyclic) bond motifs is 1. The lowest BCUT2D eigenvalue weighted by atomic mass is 10.1. The number of rotatable bonds is 5. The third-order valence-electron chi connectivity index (χ3n) is 5.56. The number of aromatic nitrogens is 3. The molecule has 0 saturated heterocycles. The van der Waals surface area contributed by atoms with E-state index in [1.54, 1.807) is 24.3 Å². The molecule has 0 bridgehead atoms. The zero-order valence-corrected chi connectivity index (χ0v) is 19.8. The van der Waals surface area contributed by atoms with Crippen LogP contribution < -0.4 is 5.14 Å². The van der Waals surface area contributed by atoms with Gasteiger partial charge < -0.3 is 10.1 Å². The van der Waals surface area contributed by atoms with Crippen LogP contribution in [0.2, 0.25) is 0 Å². The standard InChI is InChI=1S/C25H20N6O4S/c1-15-7-12-20-19(13-15)23(25(33)27-20)28-29-24(32)21-14-22(16-5-3-2-4-6-16)31(30-21)17-8-10-18(11-9-17)36(26,34)35/h2-14,27,33H,1H3,(H2,26,34,35). The number of benzene rings is 3. The predicted octanol–water partition coefficient (Wildman–Crippen LogP) is 4.61. The van der Waals surface area contributed by atoms with E-state index in [0.717, 1.165) is 11.1 Å². The van der Waals surface area contributed by atoms with Crippen molar-refractivity contribution in [3.05, 3.63) is 90.1 Å². The van der Waals surface area contributed by atoms with Gasteiger partial charge >= 0.3 is 5.91 Å². The number of nitrogens with zero attached hydrogens (tertiary/aromatic N) is 4. The summed E-state index contributed by atoms with van der Waals surface area (Å²) in [7, 11) is -3.86. The van der Waals surface area contributed by atoms with E-state index < -0.39 is 15.9 Å². The summed E-state index contributed by atoms with van der Waals surface area (Å²) in [6.45, 7) is 1.91. The number of aryl methyl sites for hydroxylation is 1. The fraction of sp³-hybridized carbons (Fsp3) is 0.0400. The molecule has 10 nitrogen and oxygen atoms in total. The molecule has 180 valence electrons. The summed E-state index contributed by atoms with van der Waals surface area (Å²) < 4.78 is 24.8. The van der Waals surface area contributed by atoms with Crippen LogP contribution in [0.1, 0.15) is 16.1 Å². The maximum atomic E-state index is 12.9. The lowest BCUT2D eigenvalue weighted by Crippen LogP contribution is -2.12. The Morgan fingerprint density at radius 1 is 1.03 bits per heavy atom. The predicted molar refractivity (Wildman–Crippen MR) is 134 cm³/mol. The monoisotopic (exact) mass is 500 g/mol. The number of amides is 1. The van der Waals surface area contributed by atoms with Crippen LogP contribution in [0.25, 0.3) is 27.8 Å². The molecule has 0 aliphatic rings. The molecule has 0 aliphatic carbocycles. The molecule has 1 amide bonds. The van der Waals surface area contributed by atoms with E-state index in [2.05, 4.69) is 20.3 Å². The van der Waals surface area contributed by atoms with Crippen LogP contribution in [0.4, 0.5) is 5.69 Å². The SMILES string of the molecule is Cc1ccc2[nH]c(O)c(N=NC(=O)c3cc(-c4ccccc4)n(-c4ccc(S(N)(=O)=O)cc4)n3)c2c1. The molecule has 4 N–H and O–H groups in total. The van der Waals surface area contributed by atoms with Gasteiger partial charge in [0.2, 0.25) is 15.9 Å². The first kappa shape index (κ1) is 23.1. The molecular formula is C25H20N6O4S. The zero-order valence-electron chi connectivity index (χ0n) is 19.0. The van der Waals surface area contributed by atoms with Crippen molar-refractivity contribution in [3.63, 3.8) is 0 Å². The molecule has 2 heterocycles. The van der Waals surface area contributed by atoms with Gasteiger partial charge in [-0.1, -0.05) is 42.0 Å². The number of nitrogens with two attached hydrogens (primary N) is 1. The maximum absolute atomic E-state index is 12.9. The number of primary sulfonamides is 1. The van der Waals surface area contributed by atoms with Crippen molar-refractivity contribution in [2.75, 3.05) is 0 Å². The van der Waals surface area contributed by atoms with E-state index in [-0.39, 0.29) is 22.2 Å². The third-order valence-corrected chi connectivity index (χ3v) is 6.49. The van der Waals surface area contributed by atoms with E-state index in [1.165, 1.54) is 16.8 Å². The minimum atomic E-state index is -3.86. The van der Waals surface area contributed by atoms with E-state index in [0.29, 0.717) is 22.3 Å². The number of hydrogen-bond acceptors (Lipinski definition) is 6. The van der Waals surface area contributed by atoms with E-state index in [1.807, 2.05) is 49.4 Å². The number of azo groups is 1. The lowest BCUT2D eigenvalue weighted by Gasteiger charge is -2.08.